The topological polar surface area (TPSA) is 61.2 Å². The smallest absolute Gasteiger partial charge is 0.207 e. The summed E-state index contributed by atoms with van der Waals surface area (Å²) in [5.41, 5.74) is -0.270. The van der Waals surface area contributed by atoms with Gasteiger partial charge in [0.1, 0.15) is 11.9 Å². The number of benzene rings is 1. The fourth-order valence-electron chi connectivity index (χ4n) is 1.41. The summed E-state index contributed by atoms with van der Waals surface area (Å²) in [5, 5.41) is 8.70. The van der Waals surface area contributed by atoms with E-state index >= 15 is 0 Å². The van der Waals surface area contributed by atoms with Crippen LogP contribution in [0, 0.1) is 17.1 Å². The Morgan fingerprint density at radius 1 is 1.50 bits per heavy atom. The summed E-state index contributed by atoms with van der Waals surface area (Å²) in [6.45, 7) is 3.66. The largest absolute Gasteiger partial charge is 0.243 e. The maximum atomic E-state index is 13.2. The molecule has 0 amide bonds. The third-order valence-electron chi connectivity index (χ3n) is 2.95. The Balaban J connectivity index is 3.26. The second kappa shape index (κ2) is 5.46. The molecule has 0 aromatic heterocycles. The van der Waals surface area contributed by atoms with Crippen molar-refractivity contribution in [1.82, 2.24) is 4.31 Å². The molecule has 0 bridgehead atoms. The average Bonchev–Trinajstić information content (AvgIpc) is 2.37. The Morgan fingerprint density at radius 2 is 2.11 bits per heavy atom. The SMILES string of the molecule is CCC(C)N(C)S(=O)(=O)c1ccc(F)c(C#N)c1. The molecule has 4 nitrogen and oxygen atoms in total. The van der Waals surface area contributed by atoms with E-state index in [1.165, 1.54) is 17.4 Å². The van der Waals surface area contributed by atoms with Crippen LogP contribution in [-0.4, -0.2) is 25.8 Å². The van der Waals surface area contributed by atoms with Crippen molar-refractivity contribution < 1.29 is 12.8 Å². The van der Waals surface area contributed by atoms with E-state index in [9.17, 15) is 12.8 Å². The second-order valence-electron chi connectivity index (χ2n) is 4.03. The van der Waals surface area contributed by atoms with E-state index in [1.807, 2.05) is 6.92 Å². The monoisotopic (exact) mass is 270 g/mol. The minimum absolute atomic E-state index is 0.0664. The highest BCUT2D eigenvalue weighted by molar-refractivity contribution is 7.89. The zero-order chi connectivity index (χ0) is 13.9. The van der Waals surface area contributed by atoms with E-state index in [2.05, 4.69) is 0 Å². The summed E-state index contributed by atoms with van der Waals surface area (Å²) in [5.74, 6) is -0.720. The van der Waals surface area contributed by atoms with Gasteiger partial charge in [0.05, 0.1) is 10.5 Å². The summed E-state index contributed by atoms with van der Waals surface area (Å²) in [6.07, 6.45) is 0.669. The number of halogens is 1. The van der Waals surface area contributed by atoms with Crippen molar-refractivity contribution in [2.24, 2.45) is 0 Å². The summed E-state index contributed by atoms with van der Waals surface area (Å²) in [7, 11) is -2.21. The van der Waals surface area contributed by atoms with Gasteiger partial charge in [-0.25, -0.2) is 12.8 Å². The van der Waals surface area contributed by atoms with Gasteiger partial charge in [0.25, 0.3) is 0 Å². The van der Waals surface area contributed by atoms with Gasteiger partial charge >= 0.3 is 0 Å². The van der Waals surface area contributed by atoms with Crippen molar-refractivity contribution in [2.75, 3.05) is 7.05 Å². The lowest BCUT2D eigenvalue weighted by atomic mass is 10.2. The number of nitrogens with zero attached hydrogens (tertiary/aromatic N) is 2. The highest BCUT2D eigenvalue weighted by Gasteiger charge is 2.25. The van der Waals surface area contributed by atoms with Crippen molar-refractivity contribution in [1.29, 1.82) is 5.26 Å². The lowest BCUT2D eigenvalue weighted by Gasteiger charge is -2.23. The van der Waals surface area contributed by atoms with Crippen LogP contribution in [0.5, 0.6) is 0 Å². The molecular formula is C12H15FN2O2S. The van der Waals surface area contributed by atoms with Crippen molar-refractivity contribution in [3.05, 3.63) is 29.6 Å². The lowest BCUT2D eigenvalue weighted by Crippen LogP contribution is -2.34. The first-order chi connectivity index (χ1) is 8.34. The van der Waals surface area contributed by atoms with Gasteiger partial charge in [0.2, 0.25) is 10.0 Å². The van der Waals surface area contributed by atoms with Gasteiger partial charge in [0, 0.05) is 13.1 Å². The van der Waals surface area contributed by atoms with E-state index in [1.54, 1.807) is 13.0 Å². The van der Waals surface area contributed by atoms with E-state index in [0.717, 1.165) is 12.1 Å². The molecular weight excluding hydrogens is 255 g/mol. The Morgan fingerprint density at radius 3 is 2.61 bits per heavy atom. The third-order valence-corrected chi connectivity index (χ3v) is 4.91. The van der Waals surface area contributed by atoms with Crippen LogP contribution >= 0.6 is 0 Å². The zero-order valence-electron chi connectivity index (χ0n) is 10.5. The van der Waals surface area contributed by atoms with Gasteiger partial charge in [-0.3, -0.25) is 0 Å². The van der Waals surface area contributed by atoms with Crippen molar-refractivity contribution >= 4 is 10.0 Å². The van der Waals surface area contributed by atoms with E-state index in [-0.39, 0.29) is 16.5 Å². The van der Waals surface area contributed by atoms with Gasteiger partial charge in [-0.05, 0) is 31.5 Å². The Bertz CT molecular complexity index is 578. The van der Waals surface area contributed by atoms with Gasteiger partial charge in [-0.2, -0.15) is 9.57 Å². The predicted molar refractivity (Wildman–Crippen MR) is 65.8 cm³/mol. The minimum atomic E-state index is -3.68. The lowest BCUT2D eigenvalue weighted by molar-refractivity contribution is 0.380. The van der Waals surface area contributed by atoms with Crippen LogP contribution in [0.2, 0.25) is 0 Å². The summed E-state index contributed by atoms with van der Waals surface area (Å²) >= 11 is 0. The van der Waals surface area contributed by atoms with Gasteiger partial charge in [-0.1, -0.05) is 6.92 Å². The average molecular weight is 270 g/mol. The molecule has 0 fully saturated rings. The first-order valence-electron chi connectivity index (χ1n) is 5.52. The highest BCUT2D eigenvalue weighted by Crippen LogP contribution is 2.20. The second-order valence-corrected chi connectivity index (χ2v) is 6.03. The number of hydrogen-bond donors (Lipinski definition) is 0. The zero-order valence-corrected chi connectivity index (χ0v) is 11.3. The van der Waals surface area contributed by atoms with Crippen LogP contribution in [0.4, 0.5) is 4.39 Å². The Kier molecular flexibility index (Phi) is 4.43. The van der Waals surface area contributed by atoms with Crippen molar-refractivity contribution in [3.63, 3.8) is 0 Å². The predicted octanol–water partition coefficient (Wildman–Crippen LogP) is 2.12. The maximum Gasteiger partial charge on any atom is 0.243 e. The number of sulfonamides is 1. The molecule has 1 aromatic rings. The normalized spacial score (nSPS) is 13.3. The van der Waals surface area contributed by atoms with Crippen LogP contribution in [0.25, 0.3) is 0 Å². The molecule has 0 spiro atoms. The molecule has 6 heteroatoms. The molecule has 1 atom stereocenters. The Hall–Kier alpha value is -1.45. The molecule has 0 saturated carbocycles. The summed E-state index contributed by atoms with van der Waals surface area (Å²) < 4.78 is 38.8. The molecule has 98 valence electrons. The first-order valence-corrected chi connectivity index (χ1v) is 6.96. The highest BCUT2D eigenvalue weighted by atomic mass is 32.2. The fraction of sp³-hybridized carbons (Fsp3) is 0.417. The molecule has 0 aliphatic rings. The Labute approximate surface area is 107 Å². The molecule has 1 aromatic carbocycles. The molecule has 0 aliphatic carbocycles. The fourth-order valence-corrected chi connectivity index (χ4v) is 2.87. The van der Waals surface area contributed by atoms with Crippen molar-refractivity contribution in [2.45, 2.75) is 31.2 Å². The molecule has 0 N–H and O–H groups in total. The van der Waals surface area contributed by atoms with E-state index < -0.39 is 15.8 Å². The van der Waals surface area contributed by atoms with Gasteiger partial charge in [-0.15, -0.1) is 0 Å². The van der Waals surface area contributed by atoms with E-state index in [0.29, 0.717) is 6.42 Å². The molecule has 0 heterocycles. The summed E-state index contributed by atoms with van der Waals surface area (Å²) in [6, 6.07) is 4.70. The summed E-state index contributed by atoms with van der Waals surface area (Å²) in [4.78, 5) is -0.0664. The van der Waals surface area contributed by atoms with Gasteiger partial charge in [0.15, 0.2) is 0 Å². The molecule has 1 rings (SSSR count). The molecule has 1 unspecified atom stereocenters. The van der Waals surface area contributed by atoms with Crippen LogP contribution in [-0.2, 0) is 10.0 Å². The van der Waals surface area contributed by atoms with E-state index in [4.69, 9.17) is 5.26 Å². The third kappa shape index (κ3) is 2.68. The van der Waals surface area contributed by atoms with Crippen LogP contribution in [0.3, 0.4) is 0 Å². The van der Waals surface area contributed by atoms with Gasteiger partial charge < -0.3 is 0 Å². The molecule has 0 saturated heterocycles. The quantitative estimate of drug-likeness (QED) is 0.842. The number of nitriles is 1. The molecule has 18 heavy (non-hydrogen) atoms. The standard InChI is InChI=1S/C12H15FN2O2S/c1-4-9(2)15(3)18(16,17)11-5-6-12(13)10(7-11)8-14/h5-7,9H,4H2,1-3H3. The number of hydrogen-bond acceptors (Lipinski definition) is 3. The van der Waals surface area contributed by atoms with Crippen LogP contribution in [0.1, 0.15) is 25.8 Å². The number of rotatable bonds is 4. The van der Waals surface area contributed by atoms with Crippen LogP contribution < -0.4 is 0 Å². The van der Waals surface area contributed by atoms with Crippen molar-refractivity contribution in [3.8, 4) is 6.07 Å². The first kappa shape index (κ1) is 14.6. The maximum absolute atomic E-state index is 13.2. The molecule has 0 aliphatic heterocycles. The van der Waals surface area contributed by atoms with Crippen LogP contribution in [0.15, 0.2) is 23.1 Å². The molecule has 0 radical (unpaired) electrons. The minimum Gasteiger partial charge on any atom is -0.207 e.